The molecule has 1 atom stereocenters. The fourth-order valence-corrected chi connectivity index (χ4v) is 1.88. The van der Waals surface area contributed by atoms with Crippen molar-refractivity contribution < 1.29 is 9.13 Å². The Bertz CT molecular complexity index is 336. The van der Waals surface area contributed by atoms with E-state index in [0.717, 1.165) is 16.5 Å². The molecule has 1 aromatic carbocycles. The van der Waals surface area contributed by atoms with Crippen LogP contribution in [-0.4, -0.2) is 13.2 Å². The molecule has 0 saturated carbocycles. The van der Waals surface area contributed by atoms with E-state index in [1.54, 1.807) is 6.07 Å². The van der Waals surface area contributed by atoms with Gasteiger partial charge in [-0.15, -0.1) is 0 Å². The third-order valence-corrected chi connectivity index (χ3v) is 2.89. The first-order chi connectivity index (χ1) is 7.69. The molecule has 90 valence electrons. The number of nitrogens with two attached hydrogens (primary N) is 1. The Morgan fingerprint density at radius 3 is 2.94 bits per heavy atom. The second-order valence-corrected chi connectivity index (χ2v) is 4.31. The highest BCUT2D eigenvalue weighted by atomic mass is 79.9. The summed E-state index contributed by atoms with van der Waals surface area (Å²) in [4.78, 5) is 0. The van der Waals surface area contributed by atoms with E-state index in [1.807, 2.05) is 6.92 Å². The van der Waals surface area contributed by atoms with Crippen molar-refractivity contribution >= 4 is 15.9 Å². The van der Waals surface area contributed by atoms with Crippen molar-refractivity contribution in [3.05, 3.63) is 34.1 Å². The van der Waals surface area contributed by atoms with Gasteiger partial charge in [0.05, 0.1) is 12.6 Å². The predicted molar refractivity (Wildman–Crippen MR) is 65.3 cm³/mol. The number of hydrazine groups is 1. The second-order valence-electron chi connectivity index (χ2n) is 3.46. The van der Waals surface area contributed by atoms with E-state index in [2.05, 4.69) is 21.4 Å². The van der Waals surface area contributed by atoms with Gasteiger partial charge in [0.1, 0.15) is 5.82 Å². The van der Waals surface area contributed by atoms with E-state index < -0.39 is 0 Å². The Morgan fingerprint density at radius 1 is 1.56 bits per heavy atom. The lowest BCUT2D eigenvalue weighted by molar-refractivity contribution is 0.112. The molecule has 1 aromatic rings. The van der Waals surface area contributed by atoms with Gasteiger partial charge in [-0.1, -0.05) is 22.9 Å². The molecule has 0 spiro atoms. The molecular formula is C11H16BrFN2O. The van der Waals surface area contributed by atoms with Crippen molar-refractivity contribution in [2.75, 3.05) is 13.2 Å². The molecule has 0 aliphatic heterocycles. The van der Waals surface area contributed by atoms with E-state index in [-0.39, 0.29) is 11.9 Å². The van der Waals surface area contributed by atoms with E-state index in [4.69, 9.17) is 10.6 Å². The van der Waals surface area contributed by atoms with Crippen molar-refractivity contribution in [3.8, 4) is 0 Å². The molecule has 0 aliphatic rings. The number of hydrogen-bond donors (Lipinski definition) is 2. The first-order valence-electron chi connectivity index (χ1n) is 5.17. The molecule has 0 amide bonds. The predicted octanol–water partition coefficient (Wildman–Crippen LogP) is 2.52. The minimum atomic E-state index is -0.283. The highest BCUT2D eigenvalue weighted by molar-refractivity contribution is 9.10. The van der Waals surface area contributed by atoms with E-state index >= 15 is 0 Å². The van der Waals surface area contributed by atoms with Gasteiger partial charge in [-0.05, 0) is 30.2 Å². The summed E-state index contributed by atoms with van der Waals surface area (Å²) in [5, 5.41) is 0. The molecule has 3 N–H and O–H groups in total. The maximum atomic E-state index is 13.1. The molecule has 1 rings (SSSR count). The van der Waals surface area contributed by atoms with Crippen LogP contribution in [0.2, 0.25) is 0 Å². The molecule has 0 fully saturated rings. The number of rotatable bonds is 6. The van der Waals surface area contributed by atoms with Crippen LogP contribution in [0.3, 0.4) is 0 Å². The molecule has 1 unspecified atom stereocenters. The fourth-order valence-electron chi connectivity index (χ4n) is 1.35. The average Bonchev–Trinajstić information content (AvgIpc) is 2.28. The van der Waals surface area contributed by atoms with E-state index in [0.29, 0.717) is 13.2 Å². The zero-order valence-corrected chi connectivity index (χ0v) is 10.8. The highest BCUT2D eigenvalue weighted by Crippen LogP contribution is 2.24. The SMILES string of the molecule is CCCOCC(NN)c1cc(F)ccc1Br. The zero-order chi connectivity index (χ0) is 12.0. The lowest BCUT2D eigenvalue weighted by Gasteiger charge is -2.17. The van der Waals surface area contributed by atoms with Crippen LogP contribution in [0.1, 0.15) is 24.9 Å². The Hall–Kier alpha value is -0.490. The maximum Gasteiger partial charge on any atom is 0.123 e. The molecule has 0 aliphatic carbocycles. The van der Waals surface area contributed by atoms with Gasteiger partial charge in [0.15, 0.2) is 0 Å². The summed E-state index contributed by atoms with van der Waals surface area (Å²) in [6, 6.07) is 4.30. The van der Waals surface area contributed by atoms with Crippen LogP contribution >= 0.6 is 15.9 Å². The molecule has 0 aromatic heterocycles. The van der Waals surface area contributed by atoms with Crippen molar-refractivity contribution in [2.24, 2.45) is 5.84 Å². The summed E-state index contributed by atoms with van der Waals surface area (Å²) < 4.78 is 19.3. The molecule has 5 heteroatoms. The first kappa shape index (κ1) is 13.6. The monoisotopic (exact) mass is 290 g/mol. The fraction of sp³-hybridized carbons (Fsp3) is 0.455. The summed E-state index contributed by atoms with van der Waals surface area (Å²) in [7, 11) is 0. The molecule has 16 heavy (non-hydrogen) atoms. The van der Waals surface area contributed by atoms with Crippen molar-refractivity contribution in [1.82, 2.24) is 5.43 Å². The van der Waals surface area contributed by atoms with Gasteiger partial charge >= 0.3 is 0 Å². The summed E-state index contributed by atoms with van der Waals surface area (Å²) in [6.07, 6.45) is 0.946. The number of nitrogens with one attached hydrogen (secondary N) is 1. The number of hydrogen-bond acceptors (Lipinski definition) is 3. The third kappa shape index (κ3) is 3.83. The van der Waals surface area contributed by atoms with Crippen LogP contribution in [-0.2, 0) is 4.74 Å². The van der Waals surface area contributed by atoms with Gasteiger partial charge in [0.25, 0.3) is 0 Å². The summed E-state index contributed by atoms with van der Waals surface area (Å²) >= 11 is 3.36. The van der Waals surface area contributed by atoms with Gasteiger partial charge in [0, 0.05) is 11.1 Å². The molecule has 0 radical (unpaired) electrons. The average molecular weight is 291 g/mol. The number of halogens is 2. The first-order valence-corrected chi connectivity index (χ1v) is 5.97. The summed E-state index contributed by atoms with van der Waals surface area (Å²) in [5.41, 5.74) is 3.39. The van der Waals surface area contributed by atoms with E-state index in [1.165, 1.54) is 12.1 Å². The zero-order valence-electron chi connectivity index (χ0n) is 9.17. The third-order valence-electron chi connectivity index (χ3n) is 2.17. The molecule has 0 bridgehead atoms. The normalized spacial score (nSPS) is 12.8. The van der Waals surface area contributed by atoms with Gasteiger partial charge in [0.2, 0.25) is 0 Å². The highest BCUT2D eigenvalue weighted by Gasteiger charge is 2.13. The van der Waals surface area contributed by atoms with Crippen LogP contribution in [0.25, 0.3) is 0 Å². The Balaban J connectivity index is 2.73. The standard InChI is InChI=1S/C11H16BrFN2O/c1-2-5-16-7-11(15-14)9-6-8(13)3-4-10(9)12/h3-4,6,11,15H,2,5,7,14H2,1H3. The maximum absolute atomic E-state index is 13.1. The molecule has 0 heterocycles. The lowest BCUT2D eigenvalue weighted by Crippen LogP contribution is -2.31. The van der Waals surface area contributed by atoms with Crippen molar-refractivity contribution in [2.45, 2.75) is 19.4 Å². The quantitative estimate of drug-likeness (QED) is 0.481. The Morgan fingerprint density at radius 2 is 2.31 bits per heavy atom. The van der Waals surface area contributed by atoms with Crippen LogP contribution in [0.4, 0.5) is 4.39 Å². The second kappa shape index (κ2) is 6.96. The largest absolute Gasteiger partial charge is 0.379 e. The van der Waals surface area contributed by atoms with Crippen LogP contribution in [0, 0.1) is 5.82 Å². The molecular weight excluding hydrogens is 275 g/mol. The Labute approximate surface area is 103 Å². The van der Waals surface area contributed by atoms with Gasteiger partial charge < -0.3 is 4.74 Å². The van der Waals surface area contributed by atoms with Gasteiger partial charge in [-0.25, -0.2) is 4.39 Å². The molecule has 3 nitrogen and oxygen atoms in total. The van der Waals surface area contributed by atoms with Crippen molar-refractivity contribution in [3.63, 3.8) is 0 Å². The topological polar surface area (TPSA) is 47.3 Å². The van der Waals surface area contributed by atoms with Crippen LogP contribution in [0.15, 0.2) is 22.7 Å². The minimum absolute atomic E-state index is 0.211. The van der Waals surface area contributed by atoms with Crippen LogP contribution < -0.4 is 11.3 Å². The van der Waals surface area contributed by atoms with Gasteiger partial charge in [-0.3, -0.25) is 11.3 Å². The molecule has 0 saturated heterocycles. The lowest BCUT2D eigenvalue weighted by atomic mass is 10.1. The van der Waals surface area contributed by atoms with E-state index in [9.17, 15) is 4.39 Å². The summed E-state index contributed by atoms with van der Waals surface area (Å²) in [6.45, 7) is 3.13. The number of benzene rings is 1. The minimum Gasteiger partial charge on any atom is -0.379 e. The number of ether oxygens (including phenoxy) is 1. The Kier molecular flexibility index (Phi) is 5.90. The summed E-state index contributed by atoms with van der Waals surface area (Å²) in [5.74, 6) is 5.15. The van der Waals surface area contributed by atoms with Crippen LogP contribution in [0.5, 0.6) is 0 Å². The van der Waals surface area contributed by atoms with Crippen molar-refractivity contribution in [1.29, 1.82) is 0 Å². The van der Waals surface area contributed by atoms with Gasteiger partial charge in [-0.2, -0.15) is 0 Å². The smallest absolute Gasteiger partial charge is 0.123 e.